The second-order valence-electron chi connectivity index (χ2n) is 7.36. The summed E-state index contributed by atoms with van der Waals surface area (Å²) >= 11 is 0. The van der Waals surface area contributed by atoms with Gasteiger partial charge in [0.1, 0.15) is 19.8 Å². The van der Waals surface area contributed by atoms with Crippen molar-refractivity contribution >= 4 is 15.9 Å². The van der Waals surface area contributed by atoms with Crippen LogP contribution in [0.1, 0.15) is 25.7 Å². The molecule has 2 aromatic carbocycles. The highest BCUT2D eigenvalue weighted by Gasteiger charge is 2.18. The number of methoxy groups -OCH3 is 1. The topological polar surface area (TPSA) is 112 Å². The minimum atomic E-state index is -3.63. The lowest BCUT2D eigenvalue weighted by molar-refractivity contribution is -0.121. The molecule has 2 N–H and O–H groups in total. The summed E-state index contributed by atoms with van der Waals surface area (Å²) in [5, 5.41) is 2.81. The number of sulfonamides is 1. The Bertz CT molecular complexity index is 1030. The molecule has 0 fully saturated rings. The highest BCUT2D eigenvalue weighted by molar-refractivity contribution is 7.89. The van der Waals surface area contributed by atoms with E-state index in [-0.39, 0.29) is 10.8 Å². The molecule has 0 atom stereocenters. The fourth-order valence-electron chi connectivity index (χ4n) is 3.25. The minimum Gasteiger partial charge on any atom is -0.493 e. The van der Waals surface area contributed by atoms with E-state index in [2.05, 4.69) is 10.0 Å². The van der Waals surface area contributed by atoms with Crippen LogP contribution in [0.5, 0.6) is 23.0 Å². The Morgan fingerprint density at radius 3 is 2.52 bits per heavy atom. The summed E-state index contributed by atoms with van der Waals surface area (Å²) in [5.74, 6) is 2.20. The number of nitrogens with one attached hydrogen (secondary N) is 2. The van der Waals surface area contributed by atoms with Crippen molar-refractivity contribution in [1.82, 2.24) is 10.0 Å². The lowest BCUT2D eigenvalue weighted by atomic mass is 10.2. The number of hydrogen-bond acceptors (Lipinski definition) is 7. The van der Waals surface area contributed by atoms with Gasteiger partial charge in [-0.3, -0.25) is 4.79 Å². The average Bonchev–Trinajstić information content (AvgIpc) is 2.83. The van der Waals surface area contributed by atoms with Crippen LogP contribution in [-0.4, -0.2) is 54.3 Å². The molecule has 0 saturated carbocycles. The Labute approximate surface area is 194 Å². The molecule has 33 heavy (non-hydrogen) atoms. The van der Waals surface area contributed by atoms with Crippen molar-refractivity contribution in [2.45, 2.75) is 30.6 Å². The molecule has 3 rings (SSSR count). The van der Waals surface area contributed by atoms with Gasteiger partial charge in [0.05, 0.1) is 18.6 Å². The summed E-state index contributed by atoms with van der Waals surface area (Å²) in [7, 11) is -2.05. The number of para-hydroxylation sites is 2. The molecule has 1 heterocycles. The predicted molar refractivity (Wildman–Crippen MR) is 123 cm³/mol. The van der Waals surface area contributed by atoms with E-state index >= 15 is 0 Å². The van der Waals surface area contributed by atoms with Crippen LogP contribution >= 0.6 is 0 Å². The van der Waals surface area contributed by atoms with Gasteiger partial charge in [0.2, 0.25) is 15.9 Å². The first-order chi connectivity index (χ1) is 16.0. The van der Waals surface area contributed by atoms with Crippen molar-refractivity contribution in [2.24, 2.45) is 0 Å². The number of rotatable bonds is 13. The third-order valence-corrected chi connectivity index (χ3v) is 6.41. The molecule has 0 spiro atoms. The number of ether oxygens (including phenoxy) is 4. The third kappa shape index (κ3) is 7.54. The van der Waals surface area contributed by atoms with Crippen LogP contribution in [0.2, 0.25) is 0 Å². The SMILES string of the molecule is COc1ccccc1OCCNC(=O)CCCCCNS(=O)(=O)c1ccc2c(c1)OCCO2. The number of benzene rings is 2. The standard InChI is InChI=1S/C23H30N2O7S/c1-29-19-7-4-5-8-20(19)30-14-13-24-23(26)9-3-2-6-12-25-33(27,28)18-10-11-21-22(17-18)32-16-15-31-21/h4-5,7-8,10-11,17,25H,2-3,6,9,12-16H2,1H3,(H,24,26). The molecule has 180 valence electrons. The van der Waals surface area contributed by atoms with E-state index in [1.807, 2.05) is 24.3 Å². The van der Waals surface area contributed by atoms with Gasteiger partial charge in [-0.2, -0.15) is 0 Å². The van der Waals surface area contributed by atoms with Crippen LogP contribution in [-0.2, 0) is 14.8 Å². The highest BCUT2D eigenvalue weighted by atomic mass is 32.2. The molecule has 1 aliphatic heterocycles. The summed E-state index contributed by atoms with van der Waals surface area (Å²) in [5.41, 5.74) is 0. The maximum absolute atomic E-state index is 12.5. The van der Waals surface area contributed by atoms with E-state index in [4.69, 9.17) is 18.9 Å². The lowest BCUT2D eigenvalue weighted by Gasteiger charge is -2.18. The van der Waals surface area contributed by atoms with Gasteiger partial charge in [0, 0.05) is 19.0 Å². The number of amides is 1. The van der Waals surface area contributed by atoms with E-state index in [1.54, 1.807) is 13.2 Å². The van der Waals surface area contributed by atoms with Crippen LogP contribution in [0.15, 0.2) is 47.4 Å². The van der Waals surface area contributed by atoms with Gasteiger partial charge in [-0.15, -0.1) is 0 Å². The zero-order valence-corrected chi connectivity index (χ0v) is 19.5. The average molecular weight is 479 g/mol. The quantitative estimate of drug-likeness (QED) is 0.426. The van der Waals surface area contributed by atoms with Gasteiger partial charge in [-0.25, -0.2) is 13.1 Å². The third-order valence-electron chi connectivity index (χ3n) is 4.95. The maximum atomic E-state index is 12.5. The van der Waals surface area contributed by atoms with Gasteiger partial charge < -0.3 is 24.3 Å². The van der Waals surface area contributed by atoms with Crippen molar-refractivity contribution in [2.75, 3.05) is 40.0 Å². The Morgan fingerprint density at radius 1 is 0.970 bits per heavy atom. The monoisotopic (exact) mass is 478 g/mol. The lowest BCUT2D eigenvalue weighted by Crippen LogP contribution is -2.28. The highest BCUT2D eigenvalue weighted by Crippen LogP contribution is 2.32. The summed E-state index contributed by atoms with van der Waals surface area (Å²) < 4.78 is 49.2. The van der Waals surface area contributed by atoms with Gasteiger partial charge in [0.15, 0.2) is 23.0 Å². The van der Waals surface area contributed by atoms with E-state index < -0.39 is 10.0 Å². The second kappa shape index (κ2) is 12.3. The van der Waals surface area contributed by atoms with Crippen LogP contribution < -0.4 is 29.0 Å². The van der Waals surface area contributed by atoms with Crippen LogP contribution in [0, 0.1) is 0 Å². The maximum Gasteiger partial charge on any atom is 0.240 e. The van der Waals surface area contributed by atoms with E-state index in [0.29, 0.717) is 75.2 Å². The van der Waals surface area contributed by atoms with Crippen molar-refractivity contribution in [3.63, 3.8) is 0 Å². The van der Waals surface area contributed by atoms with Gasteiger partial charge in [-0.1, -0.05) is 18.6 Å². The van der Waals surface area contributed by atoms with Crippen LogP contribution in [0.4, 0.5) is 0 Å². The number of fused-ring (bicyclic) bond motifs is 1. The molecule has 0 aliphatic carbocycles. The molecule has 0 bridgehead atoms. The Balaban J connectivity index is 1.27. The number of unbranched alkanes of at least 4 members (excludes halogenated alkanes) is 2. The molecular weight excluding hydrogens is 448 g/mol. The summed E-state index contributed by atoms with van der Waals surface area (Å²) in [6, 6.07) is 11.9. The molecule has 1 aliphatic rings. The normalized spacial score (nSPS) is 12.8. The zero-order valence-electron chi connectivity index (χ0n) is 18.7. The van der Waals surface area contributed by atoms with Crippen molar-refractivity contribution in [3.8, 4) is 23.0 Å². The van der Waals surface area contributed by atoms with Gasteiger partial charge in [-0.05, 0) is 37.1 Å². The van der Waals surface area contributed by atoms with Crippen molar-refractivity contribution in [1.29, 1.82) is 0 Å². The molecule has 0 saturated heterocycles. The number of hydrogen-bond donors (Lipinski definition) is 2. The number of carbonyl (C=O) groups is 1. The van der Waals surface area contributed by atoms with E-state index in [9.17, 15) is 13.2 Å². The molecule has 0 unspecified atom stereocenters. The smallest absolute Gasteiger partial charge is 0.240 e. The molecule has 1 amide bonds. The Morgan fingerprint density at radius 2 is 1.73 bits per heavy atom. The fourth-order valence-corrected chi connectivity index (χ4v) is 4.34. The van der Waals surface area contributed by atoms with E-state index in [1.165, 1.54) is 12.1 Å². The van der Waals surface area contributed by atoms with Crippen molar-refractivity contribution in [3.05, 3.63) is 42.5 Å². The first-order valence-electron chi connectivity index (χ1n) is 10.9. The van der Waals surface area contributed by atoms with E-state index in [0.717, 1.165) is 6.42 Å². The summed E-state index contributed by atoms with van der Waals surface area (Å²) in [4.78, 5) is 12.1. The van der Waals surface area contributed by atoms with Crippen LogP contribution in [0.3, 0.4) is 0 Å². The Hall–Kier alpha value is -2.98. The zero-order chi connectivity index (χ0) is 23.5. The molecule has 0 aromatic heterocycles. The number of carbonyl (C=O) groups excluding carboxylic acids is 1. The molecule has 9 nitrogen and oxygen atoms in total. The van der Waals surface area contributed by atoms with Gasteiger partial charge in [0.25, 0.3) is 0 Å². The first kappa shape index (κ1) is 24.7. The molecular formula is C23H30N2O7S. The Kier molecular flexibility index (Phi) is 9.20. The minimum absolute atomic E-state index is 0.0597. The second-order valence-corrected chi connectivity index (χ2v) is 9.13. The molecule has 2 aromatic rings. The van der Waals surface area contributed by atoms with Crippen molar-refractivity contribution < 1.29 is 32.2 Å². The van der Waals surface area contributed by atoms with Gasteiger partial charge >= 0.3 is 0 Å². The molecule has 10 heteroatoms. The first-order valence-corrected chi connectivity index (χ1v) is 12.4. The largest absolute Gasteiger partial charge is 0.493 e. The fraction of sp³-hybridized carbons (Fsp3) is 0.435. The van der Waals surface area contributed by atoms with Crippen LogP contribution in [0.25, 0.3) is 0 Å². The predicted octanol–water partition coefficient (Wildman–Crippen LogP) is 2.50. The molecule has 0 radical (unpaired) electrons. The summed E-state index contributed by atoms with van der Waals surface area (Å²) in [6.45, 7) is 1.88. The summed E-state index contributed by atoms with van der Waals surface area (Å²) in [6.07, 6.45) is 2.41.